The van der Waals surface area contributed by atoms with Crippen LogP contribution in [0.3, 0.4) is 0 Å². The number of hydrogen-bond acceptors (Lipinski definition) is 4. The fourth-order valence-electron chi connectivity index (χ4n) is 1.45. The van der Waals surface area contributed by atoms with Crippen molar-refractivity contribution in [3.8, 4) is 0 Å². The molecule has 0 aliphatic carbocycles. The predicted octanol–water partition coefficient (Wildman–Crippen LogP) is 0.0583. The lowest BCUT2D eigenvalue weighted by atomic mass is 10.1. The van der Waals surface area contributed by atoms with E-state index in [0.29, 0.717) is 6.42 Å². The standard InChI is InChI=1S/C12H14N2O5/c15-10(2-1-8-3-5-13-6-4-8)14-9(12(18)19)7-11(16)17/h3-6,9H,1-2,7H2,(H,14,15)(H,16,17)(H,18,19)/t9-/m0/s1. The maximum absolute atomic E-state index is 11.5. The molecule has 0 unspecified atom stereocenters. The lowest BCUT2D eigenvalue weighted by molar-refractivity contribution is -0.147. The van der Waals surface area contributed by atoms with Crippen molar-refractivity contribution in [3.05, 3.63) is 30.1 Å². The van der Waals surface area contributed by atoms with E-state index in [1.807, 2.05) is 0 Å². The number of aromatic nitrogens is 1. The van der Waals surface area contributed by atoms with Crippen LogP contribution >= 0.6 is 0 Å². The minimum absolute atomic E-state index is 0.0907. The molecule has 3 N–H and O–H groups in total. The molecule has 0 radical (unpaired) electrons. The topological polar surface area (TPSA) is 117 Å². The molecule has 1 rings (SSSR count). The van der Waals surface area contributed by atoms with Gasteiger partial charge in [0.2, 0.25) is 5.91 Å². The lowest BCUT2D eigenvalue weighted by Gasteiger charge is -2.12. The maximum atomic E-state index is 11.5. The number of carbonyl (C=O) groups is 3. The van der Waals surface area contributed by atoms with Crippen LogP contribution in [-0.4, -0.2) is 39.1 Å². The van der Waals surface area contributed by atoms with Gasteiger partial charge in [-0.05, 0) is 24.1 Å². The fraction of sp³-hybridized carbons (Fsp3) is 0.333. The highest BCUT2D eigenvalue weighted by Gasteiger charge is 2.22. The summed E-state index contributed by atoms with van der Waals surface area (Å²) in [6.45, 7) is 0. The van der Waals surface area contributed by atoms with Crippen LogP contribution in [-0.2, 0) is 20.8 Å². The Hall–Kier alpha value is -2.44. The number of amides is 1. The Bertz CT molecular complexity index is 460. The van der Waals surface area contributed by atoms with E-state index in [1.54, 1.807) is 24.5 Å². The highest BCUT2D eigenvalue weighted by Crippen LogP contribution is 2.01. The Morgan fingerprint density at radius 2 is 1.84 bits per heavy atom. The van der Waals surface area contributed by atoms with Crippen molar-refractivity contribution in [1.82, 2.24) is 10.3 Å². The van der Waals surface area contributed by atoms with Gasteiger partial charge in [-0.1, -0.05) is 0 Å². The largest absolute Gasteiger partial charge is 0.481 e. The van der Waals surface area contributed by atoms with E-state index in [1.165, 1.54) is 0 Å². The normalized spacial score (nSPS) is 11.6. The van der Waals surface area contributed by atoms with Crippen molar-refractivity contribution < 1.29 is 24.6 Å². The van der Waals surface area contributed by atoms with Crippen LogP contribution in [0.25, 0.3) is 0 Å². The van der Waals surface area contributed by atoms with E-state index in [4.69, 9.17) is 10.2 Å². The number of carboxylic acids is 2. The number of aliphatic carboxylic acids is 2. The first kappa shape index (κ1) is 14.6. The Kier molecular flexibility index (Phi) is 5.46. The van der Waals surface area contributed by atoms with Crippen LogP contribution in [0.15, 0.2) is 24.5 Å². The van der Waals surface area contributed by atoms with Crippen LogP contribution in [0.5, 0.6) is 0 Å². The summed E-state index contributed by atoms with van der Waals surface area (Å²) in [7, 11) is 0. The third-order valence-corrected chi connectivity index (χ3v) is 2.40. The number of hydrogen-bond donors (Lipinski definition) is 3. The molecule has 0 saturated carbocycles. The molecule has 19 heavy (non-hydrogen) atoms. The number of rotatable bonds is 7. The molecule has 0 aromatic carbocycles. The molecule has 0 saturated heterocycles. The average molecular weight is 266 g/mol. The van der Waals surface area contributed by atoms with E-state index in [2.05, 4.69) is 10.3 Å². The second kappa shape index (κ2) is 7.10. The molecule has 0 spiro atoms. The number of carboxylic acid groups (broad SMARTS) is 2. The molecular weight excluding hydrogens is 252 g/mol. The number of pyridine rings is 1. The molecule has 0 aliphatic rings. The molecule has 1 heterocycles. The van der Waals surface area contributed by atoms with E-state index in [0.717, 1.165) is 5.56 Å². The van der Waals surface area contributed by atoms with E-state index < -0.39 is 30.3 Å². The molecular formula is C12H14N2O5. The number of nitrogens with zero attached hydrogens (tertiary/aromatic N) is 1. The summed E-state index contributed by atoms with van der Waals surface area (Å²) in [6.07, 6.45) is 3.08. The molecule has 7 nitrogen and oxygen atoms in total. The highest BCUT2D eigenvalue weighted by molar-refractivity contribution is 5.86. The van der Waals surface area contributed by atoms with Crippen molar-refractivity contribution in [1.29, 1.82) is 0 Å². The smallest absolute Gasteiger partial charge is 0.326 e. The number of nitrogens with one attached hydrogen (secondary N) is 1. The molecule has 1 amide bonds. The third-order valence-electron chi connectivity index (χ3n) is 2.40. The van der Waals surface area contributed by atoms with E-state index >= 15 is 0 Å². The van der Waals surface area contributed by atoms with Gasteiger partial charge in [-0.25, -0.2) is 4.79 Å². The predicted molar refractivity (Wildman–Crippen MR) is 64.4 cm³/mol. The minimum Gasteiger partial charge on any atom is -0.481 e. The van der Waals surface area contributed by atoms with Gasteiger partial charge in [0.25, 0.3) is 0 Å². The number of carbonyl (C=O) groups excluding carboxylic acids is 1. The van der Waals surface area contributed by atoms with Gasteiger partial charge in [0.1, 0.15) is 6.04 Å². The van der Waals surface area contributed by atoms with Crippen LogP contribution in [0, 0.1) is 0 Å². The van der Waals surface area contributed by atoms with Crippen LogP contribution in [0.1, 0.15) is 18.4 Å². The first-order valence-electron chi connectivity index (χ1n) is 5.62. The summed E-state index contributed by atoms with van der Waals surface area (Å²) in [6, 6.07) is 2.10. The quantitative estimate of drug-likeness (QED) is 0.642. The zero-order valence-corrected chi connectivity index (χ0v) is 10.1. The summed E-state index contributed by atoms with van der Waals surface area (Å²) in [5, 5.41) is 19.5. The van der Waals surface area contributed by atoms with Gasteiger partial charge in [-0.3, -0.25) is 14.6 Å². The molecule has 0 aliphatic heterocycles. The lowest BCUT2D eigenvalue weighted by Crippen LogP contribution is -2.42. The summed E-state index contributed by atoms with van der Waals surface area (Å²) < 4.78 is 0. The SMILES string of the molecule is O=C(O)C[C@H](NC(=O)CCc1ccncc1)C(=O)O. The molecule has 1 aromatic rings. The van der Waals surface area contributed by atoms with Gasteiger partial charge in [0.05, 0.1) is 6.42 Å². The molecule has 0 fully saturated rings. The molecule has 0 bridgehead atoms. The van der Waals surface area contributed by atoms with Crippen molar-refractivity contribution in [2.24, 2.45) is 0 Å². The summed E-state index contributed by atoms with van der Waals surface area (Å²) in [4.78, 5) is 36.6. The van der Waals surface area contributed by atoms with Gasteiger partial charge in [0.15, 0.2) is 0 Å². The third kappa shape index (κ3) is 5.62. The second-order valence-corrected chi connectivity index (χ2v) is 3.91. The molecule has 1 atom stereocenters. The van der Waals surface area contributed by atoms with Crippen molar-refractivity contribution in [2.45, 2.75) is 25.3 Å². The Labute approximate surface area is 109 Å². The van der Waals surface area contributed by atoms with Crippen LogP contribution in [0.4, 0.5) is 0 Å². The second-order valence-electron chi connectivity index (χ2n) is 3.91. The molecule has 1 aromatic heterocycles. The summed E-state index contributed by atoms with van der Waals surface area (Å²) >= 11 is 0. The van der Waals surface area contributed by atoms with Crippen molar-refractivity contribution >= 4 is 17.8 Å². The first-order valence-corrected chi connectivity index (χ1v) is 5.62. The number of aryl methyl sites for hydroxylation is 1. The van der Waals surface area contributed by atoms with Gasteiger partial charge < -0.3 is 15.5 Å². The van der Waals surface area contributed by atoms with Gasteiger partial charge >= 0.3 is 11.9 Å². The molecule has 102 valence electrons. The van der Waals surface area contributed by atoms with Gasteiger partial charge in [-0.2, -0.15) is 0 Å². The molecule has 7 heteroatoms. The fourth-order valence-corrected chi connectivity index (χ4v) is 1.45. The van der Waals surface area contributed by atoms with Gasteiger partial charge in [-0.15, -0.1) is 0 Å². The van der Waals surface area contributed by atoms with Crippen molar-refractivity contribution in [2.75, 3.05) is 0 Å². The monoisotopic (exact) mass is 266 g/mol. The Morgan fingerprint density at radius 1 is 1.21 bits per heavy atom. The Balaban J connectivity index is 2.45. The zero-order valence-electron chi connectivity index (χ0n) is 10.1. The summed E-state index contributed by atoms with van der Waals surface area (Å²) in [5.74, 6) is -3.13. The van der Waals surface area contributed by atoms with Crippen molar-refractivity contribution in [3.63, 3.8) is 0 Å². The zero-order chi connectivity index (χ0) is 14.3. The summed E-state index contributed by atoms with van der Waals surface area (Å²) in [5.41, 5.74) is 0.898. The van der Waals surface area contributed by atoms with E-state index in [9.17, 15) is 14.4 Å². The average Bonchev–Trinajstić information content (AvgIpc) is 2.36. The van der Waals surface area contributed by atoms with E-state index in [-0.39, 0.29) is 6.42 Å². The van der Waals surface area contributed by atoms with Gasteiger partial charge in [0, 0.05) is 18.8 Å². The Morgan fingerprint density at radius 3 is 2.37 bits per heavy atom. The van der Waals surface area contributed by atoms with Crippen LogP contribution < -0.4 is 5.32 Å². The highest BCUT2D eigenvalue weighted by atomic mass is 16.4. The van der Waals surface area contributed by atoms with Crippen LogP contribution in [0.2, 0.25) is 0 Å². The minimum atomic E-state index is -1.40. The first-order chi connectivity index (χ1) is 8.99. The maximum Gasteiger partial charge on any atom is 0.326 e.